The van der Waals surface area contributed by atoms with Gasteiger partial charge in [0.05, 0.1) is 5.56 Å². The number of carboxylic acids is 1. The molecule has 0 aliphatic heterocycles. The molecule has 1 aromatic rings. The Bertz CT molecular complexity index is 391. The SMILES string of the molecule is CCCCCCCCc1cc([O-])cc(C(=O)O)c1.[Na+]. The predicted molar refractivity (Wildman–Crippen MR) is 69.9 cm³/mol. The second-order valence-corrected chi connectivity index (χ2v) is 4.69. The van der Waals surface area contributed by atoms with Gasteiger partial charge in [-0.1, -0.05) is 51.2 Å². The van der Waals surface area contributed by atoms with Crippen molar-refractivity contribution in [2.75, 3.05) is 0 Å². The zero-order valence-corrected chi connectivity index (χ0v) is 13.9. The van der Waals surface area contributed by atoms with Crippen LogP contribution < -0.4 is 34.7 Å². The van der Waals surface area contributed by atoms with E-state index in [0.29, 0.717) is 0 Å². The first-order chi connectivity index (χ1) is 8.63. The van der Waals surface area contributed by atoms with Crippen LogP contribution >= 0.6 is 0 Å². The van der Waals surface area contributed by atoms with Gasteiger partial charge in [-0.2, -0.15) is 0 Å². The predicted octanol–water partition coefficient (Wildman–Crippen LogP) is 0.365. The second kappa shape index (κ2) is 10.3. The van der Waals surface area contributed by atoms with Crippen LogP contribution in [0.4, 0.5) is 0 Å². The van der Waals surface area contributed by atoms with Crippen molar-refractivity contribution in [1.82, 2.24) is 0 Å². The fraction of sp³-hybridized carbons (Fsp3) is 0.533. The number of benzene rings is 1. The number of carbonyl (C=O) groups is 1. The van der Waals surface area contributed by atoms with Gasteiger partial charge in [-0.15, -0.1) is 5.75 Å². The van der Waals surface area contributed by atoms with Crippen molar-refractivity contribution in [3.8, 4) is 5.75 Å². The Hall–Kier alpha value is -0.510. The number of carboxylic acid groups (broad SMARTS) is 1. The molecule has 3 nitrogen and oxygen atoms in total. The van der Waals surface area contributed by atoms with Crippen LogP contribution in [0.1, 0.15) is 61.4 Å². The Morgan fingerprint density at radius 3 is 2.37 bits per heavy atom. The molecule has 0 spiro atoms. The van der Waals surface area contributed by atoms with Crippen molar-refractivity contribution in [2.24, 2.45) is 0 Å². The van der Waals surface area contributed by atoms with Gasteiger partial charge in [0.25, 0.3) is 0 Å². The fourth-order valence-electron chi connectivity index (χ4n) is 2.04. The molecule has 0 aromatic heterocycles. The molecule has 1 rings (SSSR count). The Kier molecular flexibility index (Phi) is 10.0. The maximum Gasteiger partial charge on any atom is 1.00 e. The van der Waals surface area contributed by atoms with Gasteiger partial charge in [0.15, 0.2) is 0 Å². The van der Waals surface area contributed by atoms with Crippen molar-refractivity contribution in [2.45, 2.75) is 51.9 Å². The normalized spacial score (nSPS) is 9.95. The third-order valence-corrected chi connectivity index (χ3v) is 3.03. The van der Waals surface area contributed by atoms with Crippen LogP contribution in [0.5, 0.6) is 5.75 Å². The minimum Gasteiger partial charge on any atom is -0.872 e. The summed E-state index contributed by atoms with van der Waals surface area (Å²) in [6.07, 6.45) is 7.95. The van der Waals surface area contributed by atoms with Crippen LogP contribution in [0.3, 0.4) is 0 Å². The third kappa shape index (κ3) is 7.61. The van der Waals surface area contributed by atoms with Crippen LogP contribution in [0.25, 0.3) is 0 Å². The van der Waals surface area contributed by atoms with Crippen molar-refractivity contribution < 1.29 is 44.6 Å². The largest absolute Gasteiger partial charge is 1.00 e. The molecule has 100 valence electrons. The van der Waals surface area contributed by atoms with Gasteiger partial charge in [0.2, 0.25) is 0 Å². The van der Waals surface area contributed by atoms with Crippen molar-refractivity contribution in [1.29, 1.82) is 0 Å². The van der Waals surface area contributed by atoms with E-state index in [0.717, 1.165) is 24.8 Å². The van der Waals surface area contributed by atoms with E-state index in [-0.39, 0.29) is 40.9 Å². The minimum absolute atomic E-state index is 0. The summed E-state index contributed by atoms with van der Waals surface area (Å²) < 4.78 is 0. The number of hydrogen-bond acceptors (Lipinski definition) is 2. The maximum absolute atomic E-state index is 11.3. The van der Waals surface area contributed by atoms with Gasteiger partial charge in [-0.25, -0.2) is 4.79 Å². The Morgan fingerprint density at radius 1 is 1.11 bits per heavy atom. The summed E-state index contributed by atoms with van der Waals surface area (Å²) in [6, 6.07) is 4.32. The Morgan fingerprint density at radius 2 is 1.74 bits per heavy atom. The maximum atomic E-state index is 11.3. The summed E-state index contributed by atoms with van der Waals surface area (Å²) in [7, 11) is 0. The van der Waals surface area contributed by atoms with E-state index in [1.165, 1.54) is 31.7 Å². The molecule has 0 heterocycles. The molecule has 0 bridgehead atoms. The van der Waals surface area contributed by atoms with Crippen molar-refractivity contribution >= 4 is 5.97 Å². The number of aryl methyl sites for hydroxylation is 1. The third-order valence-electron chi connectivity index (χ3n) is 3.03. The monoisotopic (exact) mass is 272 g/mol. The first-order valence-corrected chi connectivity index (χ1v) is 6.67. The molecule has 0 saturated heterocycles. The zero-order valence-electron chi connectivity index (χ0n) is 11.9. The van der Waals surface area contributed by atoms with Crippen LogP contribution in [0.2, 0.25) is 0 Å². The standard InChI is InChI=1S/C15H22O3.Na/c1-2-3-4-5-6-7-8-12-9-13(15(17)18)11-14(16)10-12;/h9-11,16H,2-8H2,1H3,(H,17,18);/q;+1/p-1. The van der Waals surface area contributed by atoms with Gasteiger partial charge < -0.3 is 10.2 Å². The van der Waals surface area contributed by atoms with Gasteiger partial charge in [-0.05, 0) is 24.5 Å². The first kappa shape index (κ1) is 18.5. The number of rotatable bonds is 8. The van der Waals surface area contributed by atoms with E-state index < -0.39 is 5.97 Å². The molecule has 1 aromatic carbocycles. The molecule has 0 unspecified atom stereocenters. The molecule has 19 heavy (non-hydrogen) atoms. The van der Waals surface area contributed by atoms with Crippen LogP contribution in [0, 0.1) is 0 Å². The zero-order chi connectivity index (χ0) is 13.4. The van der Waals surface area contributed by atoms with Crippen LogP contribution in [-0.2, 0) is 6.42 Å². The summed E-state index contributed by atoms with van der Waals surface area (Å²) in [5.41, 5.74) is 0.943. The molecule has 0 aliphatic carbocycles. The van der Waals surface area contributed by atoms with Crippen LogP contribution in [-0.4, -0.2) is 11.1 Å². The average molecular weight is 272 g/mol. The molecule has 1 N–H and O–H groups in total. The van der Waals surface area contributed by atoms with Crippen molar-refractivity contribution in [3.63, 3.8) is 0 Å². The van der Waals surface area contributed by atoms with Gasteiger partial charge in [0, 0.05) is 0 Å². The average Bonchev–Trinajstić information content (AvgIpc) is 2.33. The molecule has 0 aliphatic rings. The summed E-state index contributed by atoms with van der Waals surface area (Å²) in [5.74, 6) is -1.24. The van der Waals surface area contributed by atoms with Gasteiger partial charge in [0.1, 0.15) is 0 Å². The summed E-state index contributed by atoms with van der Waals surface area (Å²) in [5, 5.41) is 20.2. The summed E-state index contributed by atoms with van der Waals surface area (Å²) in [6.45, 7) is 2.19. The quantitative estimate of drug-likeness (QED) is 0.549. The van der Waals surface area contributed by atoms with Gasteiger partial charge >= 0.3 is 35.5 Å². The molecule has 0 radical (unpaired) electrons. The molecular weight excluding hydrogens is 251 g/mol. The molecule has 0 fully saturated rings. The van der Waals surface area contributed by atoms with E-state index in [1.807, 2.05) is 0 Å². The Balaban J connectivity index is 0.00000324. The second-order valence-electron chi connectivity index (χ2n) is 4.69. The minimum atomic E-state index is -1.03. The van der Waals surface area contributed by atoms with E-state index in [2.05, 4.69) is 6.92 Å². The van der Waals surface area contributed by atoms with Crippen LogP contribution in [0.15, 0.2) is 18.2 Å². The molecule has 4 heteroatoms. The Labute approximate surface area is 137 Å². The number of aromatic carboxylic acids is 1. The molecular formula is C15H21NaO3. The molecule has 0 saturated carbocycles. The fourth-order valence-corrected chi connectivity index (χ4v) is 2.04. The number of hydrogen-bond donors (Lipinski definition) is 1. The smallest absolute Gasteiger partial charge is 0.872 e. The summed E-state index contributed by atoms with van der Waals surface area (Å²) in [4.78, 5) is 10.8. The number of unbranched alkanes of at least 4 members (excludes halogenated alkanes) is 5. The topological polar surface area (TPSA) is 60.4 Å². The van der Waals surface area contributed by atoms with E-state index in [4.69, 9.17) is 5.11 Å². The van der Waals surface area contributed by atoms with Gasteiger partial charge in [-0.3, -0.25) is 0 Å². The molecule has 0 atom stereocenters. The van der Waals surface area contributed by atoms with E-state index in [1.54, 1.807) is 12.1 Å². The summed E-state index contributed by atoms with van der Waals surface area (Å²) >= 11 is 0. The van der Waals surface area contributed by atoms with E-state index >= 15 is 0 Å². The molecule has 0 amide bonds. The van der Waals surface area contributed by atoms with E-state index in [9.17, 15) is 9.90 Å². The first-order valence-electron chi connectivity index (χ1n) is 6.67. The van der Waals surface area contributed by atoms with Crippen molar-refractivity contribution in [3.05, 3.63) is 29.3 Å².